The lowest BCUT2D eigenvalue weighted by Crippen LogP contribution is -2.20. The van der Waals surface area contributed by atoms with Gasteiger partial charge < -0.3 is 10.1 Å². The average Bonchev–Trinajstić information content (AvgIpc) is 2.46. The second kappa shape index (κ2) is 7.43. The van der Waals surface area contributed by atoms with Gasteiger partial charge in [-0.15, -0.1) is 0 Å². The highest BCUT2D eigenvalue weighted by molar-refractivity contribution is 9.11. The molecule has 6 heteroatoms. The molecule has 2 aromatic carbocycles. The van der Waals surface area contributed by atoms with Crippen LogP contribution in [0.3, 0.4) is 0 Å². The summed E-state index contributed by atoms with van der Waals surface area (Å²) in [4.78, 5) is 11.9. The first-order valence-corrected chi connectivity index (χ1v) is 7.96. The molecule has 1 amide bonds. The van der Waals surface area contributed by atoms with E-state index in [2.05, 4.69) is 37.2 Å². The number of hydrogen-bond acceptors (Lipinski definition) is 3. The van der Waals surface area contributed by atoms with Crippen molar-refractivity contribution in [1.82, 2.24) is 0 Å². The highest BCUT2D eigenvalue weighted by atomic mass is 79.9. The number of benzene rings is 2. The van der Waals surface area contributed by atoms with Gasteiger partial charge in [-0.05, 0) is 58.7 Å². The Kier molecular flexibility index (Phi) is 5.58. The molecule has 4 nitrogen and oxygen atoms in total. The van der Waals surface area contributed by atoms with Gasteiger partial charge >= 0.3 is 0 Å². The van der Waals surface area contributed by atoms with E-state index >= 15 is 0 Å². The maximum atomic E-state index is 11.9. The summed E-state index contributed by atoms with van der Waals surface area (Å²) < 4.78 is 7.28. The van der Waals surface area contributed by atoms with Crippen LogP contribution in [0.25, 0.3) is 0 Å². The van der Waals surface area contributed by atoms with Crippen molar-refractivity contribution < 1.29 is 9.53 Å². The third kappa shape index (κ3) is 4.33. The number of amides is 1. The van der Waals surface area contributed by atoms with E-state index in [1.54, 1.807) is 24.3 Å². The number of carbonyl (C=O) groups is 1. The second-order valence-corrected chi connectivity index (χ2v) is 6.33. The zero-order valence-electron chi connectivity index (χ0n) is 11.7. The summed E-state index contributed by atoms with van der Waals surface area (Å²) in [5.74, 6) is 0.341. The number of ether oxygens (including phenoxy) is 1. The Morgan fingerprint density at radius 1 is 1.32 bits per heavy atom. The van der Waals surface area contributed by atoms with Gasteiger partial charge in [-0.2, -0.15) is 5.26 Å². The Labute approximate surface area is 145 Å². The Morgan fingerprint density at radius 2 is 2.09 bits per heavy atom. The molecule has 0 aromatic heterocycles. The lowest BCUT2D eigenvalue weighted by atomic mass is 10.2. The van der Waals surface area contributed by atoms with Crippen LogP contribution in [0.4, 0.5) is 5.69 Å². The second-order valence-electron chi connectivity index (χ2n) is 4.56. The minimum Gasteiger partial charge on any atom is -0.482 e. The molecule has 0 saturated heterocycles. The van der Waals surface area contributed by atoms with Gasteiger partial charge in [0.15, 0.2) is 6.61 Å². The quantitative estimate of drug-likeness (QED) is 0.792. The zero-order chi connectivity index (χ0) is 16.1. The van der Waals surface area contributed by atoms with Crippen molar-refractivity contribution in [1.29, 1.82) is 5.26 Å². The molecule has 0 bridgehead atoms. The van der Waals surface area contributed by atoms with Gasteiger partial charge in [0.1, 0.15) is 5.75 Å². The lowest BCUT2D eigenvalue weighted by molar-refractivity contribution is -0.118. The van der Waals surface area contributed by atoms with Gasteiger partial charge in [-0.25, -0.2) is 0 Å². The average molecular weight is 424 g/mol. The van der Waals surface area contributed by atoms with Crippen molar-refractivity contribution >= 4 is 43.5 Å². The van der Waals surface area contributed by atoms with Gasteiger partial charge in [0.25, 0.3) is 5.91 Å². The lowest BCUT2D eigenvalue weighted by Gasteiger charge is -2.12. The number of nitrogens with one attached hydrogen (secondary N) is 1. The van der Waals surface area contributed by atoms with Crippen LogP contribution < -0.4 is 10.1 Å². The molecule has 0 fully saturated rings. The summed E-state index contributed by atoms with van der Waals surface area (Å²) in [6.07, 6.45) is 0. The van der Waals surface area contributed by atoms with Crippen molar-refractivity contribution in [2.45, 2.75) is 6.92 Å². The molecule has 22 heavy (non-hydrogen) atoms. The van der Waals surface area contributed by atoms with E-state index in [0.29, 0.717) is 17.0 Å². The van der Waals surface area contributed by atoms with Gasteiger partial charge in [0.2, 0.25) is 0 Å². The molecule has 0 heterocycles. The molecule has 2 aromatic rings. The van der Waals surface area contributed by atoms with Crippen LogP contribution in [0.5, 0.6) is 5.75 Å². The molecule has 1 N–H and O–H groups in total. The maximum Gasteiger partial charge on any atom is 0.262 e. The summed E-state index contributed by atoms with van der Waals surface area (Å²) in [7, 11) is 0. The van der Waals surface area contributed by atoms with Crippen molar-refractivity contribution in [3.8, 4) is 11.8 Å². The van der Waals surface area contributed by atoms with Crippen LogP contribution in [-0.4, -0.2) is 12.5 Å². The third-order valence-corrected chi connectivity index (χ3v) is 3.86. The number of hydrogen-bond donors (Lipinski definition) is 1. The van der Waals surface area contributed by atoms with Crippen LogP contribution in [0.2, 0.25) is 0 Å². The molecule has 2 rings (SSSR count). The highest BCUT2D eigenvalue weighted by Gasteiger charge is 2.10. The predicted octanol–water partition coefficient (Wildman–Crippen LogP) is 4.41. The zero-order valence-corrected chi connectivity index (χ0v) is 14.9. The smallest absolute Gasteiger partial charge is 0.262 e. The fourth-order valence-electron chi connectivity index (χ4n) is 1.87. The molecular weight excluding hydrogens is 412 g/mol. The Morgan fingerprint density at radius 3 is 2.77 bits per heavy atom. The Hall–Kier alpha value is -1.84. The molecule has 0 aliphatic rings. The first-order chi connectivity index (χ1) is 10.5. The fraction of sp³-hybridized carbons (Fsp3) is 0.125. The summed E-state index contributed by atoms with van der Waals surface area (Å²) in [6.45, 7) is 1.79. The van der Waals surface area contributed by atoms with E-state index in [0.717, 1.165) is 14.5 Å². The monoisotopic (exact) mass is 422 g/mol. The van der Waals surface area contributed by atoms with Crippen LogP contribution in [0, 0.1) is 18.3 Å². The largest absolute Gasteiger partial charge is 0.482 e. The molecule has 0 spiro atoms. The summed E-state index contributed by atoms with van der Waals surface area (Å²) in [6, 6.07) is 12.5. The maximum absolute atomic E-state index is 11.9. The van der Waals surface area contributed by atoms with Crippen LogP contribution in [0.15, 0.2) is 45.3 Å². The van der Waals surface area contributed by atoms with Gasteiger partial charge in [0, 0.05) is 10.2 Å². The first-order valence-electron chi connectivity index (χ1n) is 6.38. The summed E-state index contributed by atoms with van der Waals surface area (Å²) in [5, 5.41) is 11.5. The van der Waals surface area contributed by atoms with Gasteiger partial charge in [0.05, 0.1) is 16.1 Å². The van der Waals surface area contributed by atoms with Crippen molar-refractivity contribution in [2.75, 3.05) is 11.9 Å². The normalized spacial score (nSPS) is 9.91. The fourth-order valence-corrected chi connectivity index (χ4v) is 3.43. The van der Waals surface area contributed by atoms with Gasteiger partial charge in [-0.1, -0.05) is 22.0 Å². The molecule has 0 unspecified atom stereocenters. The number of halogens is 2. The molecule has 0 radical (unpaired) electrons. The van der Waals surface area contributed by atoms with Crippen molar-refractivity contribution in [3.05, 3.63) is 56.5 Å². The van der Waals surface area contributed by atoms with E-state index in [1.807, 2.05) is 25.1 Å². The number of carbonyl (C=O) groups excluding carboxylic acids is 1. The van der Waals surface area contributed by atoms with Crippen LogP contribution in [-0.2, 0) is 4.79 Å². The molecule has 0 aliphatic heterocycles. The standard InChI is InChI=1S/C16H12Br2N2O2/c1-10-5-12(17)7-14(18)16(10)22-9-15(21)20-13-4-2-3-11(6-13)8-19/h2-7H,9H2,1H3,(H,20,21). The highest BCUT2D eigenvalue weighted by Crippen LogP contribution is 2.32. The minimum absolute atomic E-state index is 0.113. The van der Waals surface area contributed by atoms with E-state index in [4.69, 9.17) is 10.00 Å². The van der Waals surface area contributed by atoms with E-state index < -0.39 is 0 Å². The number of nitrogens with zero attached hydrogens (tertiary/aromatic N) is 1. The van der Waals surface area contributed by atoms with Crippen molar-refractivity contribution in [3.63, 3.8) is 0 Å². The molecule has 112 valence electrons. The SMILES string of the molecule is Cc1cc(Br)cc(Br)c1OCC(=O)Nc1cccc(C#N)c1. The first kappa shape index (κ1) is 16.5. The van der Waals surface area contributed by atoms with E-state index in [-0.39, 0.29) is 12.5 Å². The van der Waals surface area contributed by atoms with Crippen LogP contribution in [0.1, 0.15) is 11.1 Å². The van der Waals surface area contributed by atoms with Gasteiger partial charge in [-0.3, -0.25) is 4.79 Å². The predicted molar refractivity (Wildman–Crippen MR) is 91.9 cm³/mol. The van der Waals surface area contributed by atoms with E-state index in [1.165, 1.54) is 0 Å². The van der Waals surface area contributed by atoms with E-state index in [9.17, 15) is 4.79 Å². The molecule has 0 saturated carbocycles. The minimum atomic E-state index is -0.288. The summed E-state index contributed by atoms with van der Waals surface area (Å²) in [5.41, 5.74) is 1.98. The Bertz CT molecular complexity index is 731. The number of nitriles is 1. The van der Waals surface area contributed by atoms with Crippen molar-refractivity contribution in [2.24, 2.45) is 0 Å². The van der Waals surface area contributed by atoms with Crippen LogP contribution >= 0.6 is 31.9 Å². The number of anilines is 1. The molecule has 0 aliphatic carbocycles. The number of aryl methyl sites for hydroxylation is 1. The Balaban J connectivity index is 2.00. The topological polar surface area (TPSA) is 62.1 Å². The molecular formula is C16H12Br2N2O2. The third-order valence-electron chi connectivity index (χ3n) is 2.82. The summed E-state index contributed by atoms with van der Waals surface area (Å²) >= 11 is 6.80. The molecule has 0 atom stereocenters. The number of rotatable bonds is 4.